The third kappa shape index (κ3) is 4.36. The van der Waals surface area contributed by atoms with Crippen molar-refractivity contribution < 1.29 is 13.2 Å². The predicted octanol–water partition coefficient (Wildman–Crippen LogP) is 6.93. The summed E-state index contributed by atoms with van der Waals surface area (Å²) in [4.78, 5) is 4.53. The third-order valence-corrected chi connectivity index (χ3v) is 5.59. The lowest BCUT2D eigenvalue weighted by atomic mass is 9.98. The number of fused-ring (bicyclic) bond motifs is 1. The zero-order valence-electron chi connectivity index (χ0n) is 17.6. The van der Waals surface area contributed by atoms with E-state index in [9.17, 15) is 8.78 Å². The van der Waals surface area contributed by atoms with E-state index < -0.39 is 17.2 Å². The van der Waals surface area contributed by atoms with E-state index in [0.717, 1.165) is 41.6 Å². The molecule has 4 rings (SSSR count). The number of aryl methyl sites for hydroxylation is 3. The third-order valence-electron chi connectivity index (χ3n) is 5.59. The van der Waals surface area contributed by atoms with Crippen LogP contribution in [-0.2, 0) is 19.3 Å². The molecule has 32 heavy (non-hydrogen) atoms. The molecule has 5 heteroatoms. The van der Waals surface area contributed by atoms with Crippen LogP contribution in [0.4, 0.5) is 13.2 Å². The van der Waals surface area contributed by atoms with Crippen molar-refractivity contribution in [2.45, 2.75) is 32.6 Å². The average Bonchev–Trinajstić information content (AvgIpc) is 2.79. The number of rotatable bonds is 6. The van der Waals surface area contributed by atoms with Crippen molar-refractivity contribution in [2.75, 3.05) is 0 Å². The highest BCUT2D eigenvalue weighted by Crippen LogP contribution is 2.28. The van der Waals surface area contributed by atoms with Crippen LogP contribution in [0.1, 0.15) is 35.6 Å². The molecule has 0 saturated heterocycles. The maximum Gasteiger partial charge on any atom is 0.144 e. The van der Waals surface area contributed by atoms with Gasteiger partial charge in [0.2, 0.25) is 0 Å². The molecule has 1 heterocycles. The molecule has 0 radical (unpaired) electrons. The molecule has 0 aliphatic carbocycles. The molecule has 0 aliphatic rings. The molecule has 0 bridgehead atoms. The Labute approximate surface area is 185 Å². The predicted molar refractivity (Wildman–Crippen MR) is 120 cm³/mol. The molecule has 1 aromatic heterocycles. The summed E-state index contributed by atoms with van der Waals surface area (Å²) in [5, 5.41) is 10.0. The van der Waals surface area contributed by atoms with Gasteiger partial charge in [-0.25, -0.2) is 13.2 Å². The lowest BCUT2D eigenvalue weighted by Crippen LogP contribution is -1.99. The summed E-state index contributed by atoms with van der Waals surface area (Å²) >= 11 is 0. The number of hydrogen-bond acceptors (Lipinski definition) is 2. The van der Waals surface area contributed by atoms with Crippen LogP contribution in [0.15, 0.2) is 60.8 Å². The summed E-state index contributed by atoms with van der Waals surface area (Å²) in [5.74, 6) is -2.13. The van der Waals surface area contributed by atoms with E-state index in [1.165, 1.54) is 11.6 Å². The van der Waals surface area contributed by atoms with Crippen LogP contribution in [-0.4, -0.2) is 4.98 Å². The van der Waals surface area contributed by atoms with E-state index in [1.54, 1.807) is 12.1 Å². The van der Waals surface area contributed by atoms with Crippen molar-refractivity contribution in [1.82, 2.24) is 4.98 Å². The van der Waals surface area contributed by atoms with E-state index in [1.807, 2.05) is 30.5 Å². The van der Waals surface area contributed by atoms with Crippen LogP contribution in [0.3, 0.4) is 0 Å². The Kier molecular flexibility index (Phi) is 6.23. The van der Waals surface area contributed by atoms with E-state index in [0.29, 0.717) is 16.5 Å². The highest BCUT2D eigenvalue weighted by atomic mass is 19.1. The zero-order valence-corrected chi connectivity index (χ0v) is 17.6. The molecule has 0 N–H and O–H groups in total. The van der Waals surface area contributed by atoms with Gasteiger partial charge in [0.15, 0.2) is 0 Å². The Hall–Kier alpha value is -3.65. The van der Waals surface area contributed by atoms with Crippen LogP contribution in [0.5, 0.6) is 0 Å². The van der Waals surface area contributed by atoms with E-state index in [4.69, 9.17) is 5.26 Å². The van der Waals surface area contributed by atoms with Gasteiger partial charge in [0, 0.05) is 17.1 Å². The molecule has 3 aromatic carbocycles. The number of aromatic nitrogens is 1. The SMILES string of the molecule is CCCc1ccc(-c2ccc3c(F)c(CCc4cc(F)c(C#N)c(F)c4)ccc3c2)nc1. The maximum atomic E-state index is 15.1. The Morgan fingerprint density at radius 3 is 2.28 bits per heavy atom. The van der Waals surface area contributed by atoms with Crippen LogP contribution < -0.4 is 0 Å². The quantitative estimate of drug-likeness (QED) is 0.333. The van der Waals surface area contributed by atoms with Crippen molar-refractivity contribution in [1.29, 1.82) is 5.26 Å². The second kappa shape index (κ2) is 9.23. The first-order valence-corrected chi connectivity index (χ1v) is 10.5. The van der Waals surface area contributed by atoms with Crippen LogP contribution in [0, 0.1) is 28.8 Å². The minimum Gasteiger partial charge on any atom is -0.256 e. The first kappa shape index (κ1) is 21.6. The van der Waals surface area contributed by atoms with Crippen LogP contribution in [0.2, 0.25) is 0 Å². The van der Waals surface area contributed by atoms with Gasteiger partial charge in [-0.15, -0.1) is 0 Å². The molecule has 0 fully saturated rings. The molecule has 4 aromatic rings. The number of nitrogens with zero attached hydrogens (tertiary/aromatic N) is 2. The van der Waals surface area contributed by atoms with Gasteiger partial charge in [-0.05, 0) is 65.6 Å². The Balaban J connectivity index is 1.57. The summed E-state index contributed by atoms with van der Waals surface area (Å²) < 4.78 is 42.8. The number of pyridine rings is 1. The number of nitriles is 1. The Bertz CT molecular complexity index is 1300. The van der Waals surface area contributed by atoms with Gasteiger partial charge in [-0.2, -0.15) is 5.26 Å². The van der Waals surface area contributed by atoms with E-state index in [2.05, 4.69) is 18.0 Å². The summed E-state index contributed by atoms with van der Waals surface area (Å²) in [5.41, 5.74) is 3.19. The van der Waals surface area contributed by atoms with Gasteiger partial charge in [0.1, 0.15) is 29.1 Å². The van der Waals surface area contributed by atoms with Crippen molar-refractivity contribution in [3.05, 3.63) is 100 Å². The monoisotopic (exact) mass is 430 g/mol. The molecule has 0 aliphatic heterocycles. The molecule has 0 saturated carbocycles. The molecule has 2 nitrogen and oxygen atoms in total. The molecule has 0 amide bonds. The summed E-state index contributed by atoms with van der Waals surface area (Å²) in [6.07, 6.45) is 4.47. The highest BCUT2D eigenvalue weighted by molar-refractivity contribution is 5.88. The average molecular weight is 430 g/mol. The molecule has 160 valence electrons. The smallest absolute Gasteiger partial charge is 0.144 e. The van der Waals surface area contributed by atoms with E-state index >= 15 is 4.39 Å². The van der Waals surface area contributed by atoms with Crippen LogP contribution >= 0.6 is 0 Å². The van der Waals surface area contributed by atoms with Crippen molar-refractivity contribution in [3.63, 3.8) is 0 Å². The fourth-order valence-corrected chi connectivity index (χ4v) is 3.88. The lowest BCUT2D eigenvalue weighted by molar-refractivity contribution is 0.572. The number of hydrogen-bond donors (Lipinski definition) is 0. The second-order valence-electron chi connectivity index (χ2n) is 7.82. The normalized spacial score (nSPS) is 11.0. The molecule has 0 spiro atoms. The topological polar surface area (TPSA) is 36.7 Å². The Morgan fingerprint density at radius 1 is 0.844 bits per heavy atom. The van der Waals surface area contributed by atoms with Crippen molar-refractivity contribution >= 4 is 10.8 Å². The van der Waals surface area contributed by atoms with Crippen molar-refractivity contribution in [2.24, 2.45) is 0 Å². The first-order chi connectivity index (χ1) is 15.5. The van der Waals surface area contributed by atoms with Gasteiger partial charge in [0.25, 0.3) is 0 Å². The fourth-order valence-electron chi connectivity index (χ4n) is 3.88. The highest BCUT2D eigenvalue weighted by Gasteiger charge is 2.13. The number of benzene rings is 3. The molecule has 0 unspecified atom stereocenters. The second-order valence-corrected chi connectivity index (χ2v) is 7.82. The summed E-state index contributed by atoms with van der Waals surface area (Å²) in [6, 6.07) is 16.9. The van der Waals surface area contributed by atoms with Gasteiger partial charge >= 0.3 is 0 Å². The summed E-state index contributed by atoms with van der Waals surface area (Å²) in [7, 11) is 0. The van der Waals surface area contributed by atoms with Gasteiger partial charge in [-0.1, -0.05) is 43.7 Å². The Morgan fingerprint density at radius 2 is 1.62 bits per heavy atom. The maximum absolute atomic E-state index is 15.1. The first-order valence-electron chi connectivity index (χ1n) is 10.5. The summed E-state index contributed by atoms with van der Waals surface area (Å²) in [6.45, 7) is 2.13. The standard InChI is InChI=1S/C27H21F3N2/c1-2-3-17-5-11-26(32-16-17)21-9-10-22-20(14-21)8-7-19(27(22)30)6-4-18-12-24(28)23(15-31)25(29)13-18/h5,7-14,16H,2-4,6H2,1H3. The zero-order chi connectivity index (χ0) is 22.7. The molecular formula is C27H21F3N2. The van der Waals surface area contributed by atoms with Gasteiger partial charge in [-0.3, -0.25) is 4.98 Å². The lowest BCUT2D eigenvalue weighted by Gasteiger charge is -2.10. The minimum atomic E-state index is -0.898. The largest absolute Gasteiger partial charge is 0.256 e. The van der Waals surface area contributed by atoms with Gasteiger partial charge < -0.3 is 0 Å². The van der Waals surface area contributed by atoms with Crippen molar-refractivity contribution in [3.8, 4) is 17.3 Å². The molecule has 0 atom stereocenters. The minimum absolute atomic E-state index is 0.258. The fraction of sp³-hybridized carbons (Fsp3) is 0.185. The van der Waals surface area contributed by atoms with E-state index in [-0.39, 0.29) is 18.7 Å². The van der Waals surface area contributed by atoms with Crippen LogP contribution in [0.25, 0.3) is 22.0 Å². The van der Waals surface area contributed by atoms with Gasteiger partial charge in [0.05, 0.1) is 5.69 Å². The molecular weight excluding hydrogens is 409 g/mol. The number of halogens is 3.